The molecule has 24 heavy (non-hydrogen) atoms. The lowest BCUT2D eigenvalue weighted by atomic mass is 9.89. The Morgan fingerprint density at radius 3 is 2.92 bits per heavy atom. The maximum Gasteiger partial charge on any atom is 0.135 e. The SMILES string of the molecule is COCCN(C)C[C@H]1C[C@@H](CO)CN(c2ncnc3c2CCC3)C1. The van der Waals surface area contributed by atoms with Gasteiger partial charge in [0.25, 0.3) is 0 Å². The maximum atomic E-state index is 9.75. The number of nitrogens with zero attached hydrogens (tertiary/aromatic N) is 4. The molecular weight excluding hydrogens is 304 g/mol. The van der Waals surface area contributed by atoms with Crippen LogP contribution in [0.2, 0.25) is 0 Å². The van der Waals surface area contributed by atoms with E-state index in [0.29, 0.717) is 11.8 Å². The van der Waals surface area contributed by atoms with Gasteiger partial charge in [0.15, 0.2) is 0 Å². The number of methoxy groups -OCH3 is 1. The number of anilines is 1. The van der Waals surface area contributed by atoms with E-state index in [0.717, 1.165) is 57.9 Å². The highest BCUT2D eigenvalue weighted by Gasteiger charge is 2.30. The molecule has 1 fully saturated rings. The van der Waals surface area contributed by atoms with Gasteiger partial charge in [-0.05, 0) is 44.6 Å². The molecule has 0 amide bonds. The third-order valence-corrected chi connectivity index (χ3v) is 5.28. The summed E-state index contributed by atoms with van der Waals surface area (Å²) in [5.74, 6) is 1.98. The third kappa shape index (κ3) is 4.05. The fourth-order valence-electron chi connectivity index (χ4n) is 4.15. The molecule has 1 aromatic rings. The molecular formula is C18H30N4O2. The summed E-state index contributed by atoms with van der Waals surface area (Å²) in [7, 11) is 3.89. The Labute approximate surface area is 144 Å². The molecule has 3 rings (SSSR count). The second kappa shape index (κ2) is 8.23. The smallest absolute Gasteiger partial charge is 0.135 e. The Bertz CT molecular complexity index is 540. The van der Waals surface area contributed by atoms with Gasteiger partial charge in [-0.2, -0.15) is 0 Å². The third-order valence-electron chi connectivity index (χ3n) is 5.28. The average molecular weight is 334 g/mol. The Kier molecular flexibility index (Phi) is 6.03. The topological polar surface area (TPSA) is 61.7 Å². The van der Waals surface area contributed by atoms with Crippen molar-refractivity contribution in [2.24, 2.45) is 11.8 Å². The predicted molar refractivity (Wildman–Crippen MR) is 94.3 cm³/mol. The van der Waals surface area contributed by atoms with Crippen LogP contribution in [0.5, 0.6) is 0 Å². The minimum atomic E-state index is 0.252. The van der Waals surface area contributed by atoms with Crippen molar-refractivity contribution >= 4 is 5.82 Å². The fraction of sp³-hybridized carbons (Fsp3) is 0.778. The van der Waals surface area contributed by atoms with E-state index >= 15 is 0 Å². The number of ether oxygens (including phenoxy) is 1. The minimum Gasteiger partial charge on any atom is -0.396 e. The van der Waals surface area contributed by atoms with Gasteiger partial charge < -0.3 is 19.6 Å². The normalized spacial score (nSPS) is 23.8. The Hall–Kier alpha value is -1.24. The van der Waals surface area contributed by atoms with Crippen LogP contribution >= 0.6 is 0 Å². The van der Waals surface area contributed by atoms with E-state index < -0.39 is 0 Å². The standard InChI is InChI=1S/C18H30N4O2/c1-21(6-7-24-2)9-14-8-15(12-23)11-22(10-14)18-16-4-3-5-17(16)19-13-20-18/h13-15,23H,3-12H2,1-2H3/t14-,15-/m1/s1. The van der Waals surface area contributed by atoms with Crippen LogP contribution in [-0.2, 0) is 17.6 Å². The van der Waals surface area contributed by atoms with Gasteiger partial charge in [-0.3, -0.25) is 0 Å². The van der Waals surface area contributed by atoms with E-state index in [1.165, 1.54) is 17.7 Å². The summed E-state index contributed by atoms with van der Waals surface area (Å²) in [5.41, 5.74) is 2.56. The second-order valence-electron chi connectivity index (χ2n) is 7.29. The molecule has 0 aromatic carbocycles. The van der Waals surface area contributed by atoms with Gasteiger partial charge in [-0.15, -0.1) is 0 Å². The van der Waals surface area contributed by atoms with Crippen molar-refractivity contribution in [3.63, 3.8) is 0 Å². The number of fused-ring (bicyclic) bond motifs is 1. The quantitative estimate of drug-likeness (QED) is 0.802. The molecule has 1 saturated heterocycles. The first-order valence-electron chi connectivity index (χ1n) is 9.07. The summed E-state index contributed by atoms with van der Waals surface area (Å²) >= 11 is 0. The molecule has 6 nitrogen and oxygen atoms in total. The highest BCUT2D eigenvalue weighted by molar-refractivity contribution is 5.51. The zero-order chi connectivity index (χ0) is 16.9. The van der Waals surface area contributed by atoms with Gasteiger partial charge in [0.05, 0.1) is 6.61 Å². The molecule has 1 aliphatic carbocycles. The molecule has 1 aromatic heterocycles. The van der Waals surface area contributed by atoms with Crippen LogP contribution in [0.4, 0.5) is 5.82 Å². The zero-order valence-corrected chi connectivity index (χ0v) is 14.9. The number of rotatable bonds is 7. The lowest BCUT2D eigenvalue weighted by Gasteiger charge is -2.40. The van der Waals surface area contributed by atoms with E-state index in [1.807, 2.05) is 0 Å². The monoisotopic (exact) mass is 334 g/mol. The molecule has 0 radical (unpaired) electrons. The van der Waals surface area contributed by atoms with Gasteiger partial charge in [-0.1, -0.05) is 0 Å². The van der Waals surface area contributed by atoms with Crippen molar-refractivity contribution < 1.29 is 9.84 Å². The molecule has 2 heterocycles. The van der Waals surface area contributed by atoms with Crippen LogP contribution in [-0.4, -0.2) is 73.5 Å². The summed E-state index contributed by atoms with van der Waals surface area (Å²) in [6, 6.07) is 0. The van der Waals surface area contributed by atoms with E-state index in [4.69, 9.17) is 4.74 Å². The number of aromatic nitrogens is 2. The Morgan fingerprint density at radius 1 is 1.29 bits per heavy atom. The minimum absolute atomic E-state index is 0.252. The van der Waals surface area contributed by atoms with Crippen molar-refractivity contribution in [3.8, 4) is 0 Å². The number of aliphatic hydroxyl groups is 1. The van der Waals surface area contributed by atoms with Gasteiger partial charge in [-0.25, -0.2) is 9.97 Å². The van der Waals surface area contributed by atoms with Crippen LogP contribution in [0, 0.1) is 11.8 Å². The van der Waals surface area contributed by atoms with Crippen molar-refractivity contribution in [2.45, 2.75) is 25.7 Å². The molecule has 134 valence electrons. The lowest BCUT2D eigenvalue weighted by Crippen LogP contribution is -2.46. The van der Waals surface area contributed by atoms with Gasteiger partial charge in [0, 0.05) is 51.2 Å². The summed E-state index contributed by atoms with van der Waals surface area (Å²) in [6.45, 7) is 4.90. The predicted octanol–water partition coefficient (Wildman–Crippen LogP) is 0.978. The summed E-state index contributed by atoms with van der Waals surface area (Å²) in [5, 5.41) is 9.75. The second-order valence-corrected chi connectivity index (χ2v) is 7.29. The van der Waals surface area contributed by atoms with Crippen LogP contribution in [0.15, 0.2) is 6.33 Å². The molecule has 0 spiro atoms. The maximum absolute atomic E-state index is 9.75. The molecule has 1 N–H and O–H groups in total. The molecule has 2 atom stereocenters. The number of likely N-dealkylation sites (N-methyl/N-ethyl adjacent to an activating group) is 1. The van der Waals surface area contributed by atoms with E-state index in [2.05, 4.69) is 26.8 Å². The van der Waals surface area contributed by atoms with Crippen LogP contribution in [0.1, 0.15) is 24.1 Å². The molecule has 0 bridgehead atoms. The first kappa shape index (κ1) is 17.6. The van der Waals surface area contributed by atoms with Gasteiger partial charge >= 0.3 is 0 Å². The summed E-state index contributed by atoms with van der Waals surface area (Å²) in [6.07, 6.45) is 6.14. The highest BCUT2D eigenvalue weighted by Crippen LogP contribution is 2.32. The molecule has 6 heteroatoms. The lowest BCUT2D eigenvalue weighted by molar-refractivity contribution is 0.133. The first-order valence-corrected chi connectivity index (χ1v) is 9.07. The Morgan fingerprint density at radius 2 is 2.12 bits per heavy atom. The van der Waals surface area contributed by atoms with E-state index in [-0.39, 0.29) is 6.61 Å². The summed E-state index contributed by atoms with van der Waals surface area (Å²) in [4.78, 5) is 13.8. The largest absolute Gasteiger partial charge is 0.396 e. The Balaban J connectivity index is 1.70. The van der Waals surface area contributed by atoms with Crippen molar-refractivity contribution in [2.75, 3.05) is 58.5 Å². The molecule has 0 unspecified atom stereocenters. The average Bonchev–Trinajstić information content (AvgIpc) is 3.08. The molecule has 1 aliphatic heterocycles. The van der Waals surface area contributed by atoms with Gasteiger partial charge in [0.2, 0.25) is 0 Å². The zero-order valence-electron chi connectivity index (χ0n) is 14.9. The number of piperidine rings is 1. The van der Waals surface area contributed by atoms with E-state index in [9.17, 15) is 5.11 Å². The van der Waals surface area contributed by atoms with Crippen LogP contribution < -0.4 is 4.90 Å². The number of hydrogen-bond donors (Lipinski definition) is 1. The number of aliphatic hydroxyl groups excluding tert-OH is 1. The molecule has 0 saturated carbocycles. The first-order chi connectivity index (χ1) is 11.7. The number of hydrogen-bond acceptors (Lipinski definition) is 6. The van der Waals surface area contributed by atoms with Crippen molar-refractivity contribution in [3.05, 3.63) is 17.6 Å². The number of aryl methyl sites for hydroxylation is 1. The summed E-state index contributed by atoms with van der Waals surface area (Å²) < 4.78 is 5.18. The highest BCUT2D eigenvalue weighted by atomic mass is 16.5. The van der Waals surface area contributed by atoms with Crippen molar-refractivity contribution in [1.29, 1.82) is 0 Å². The van der Waals surface area contributed by atoms with E-state index in [1.54, 1.807) is 13.4 Å². The van der Waals surface area contributed by atoms with Crippen LogP contribution in [0.3, 0.4) is 0 Å². The van der Waals surface area contributed by atoms with Crippen LogP contribution in [0.25, 0.3) is 0 Å². The molecule has 2 aliphatic rings. The fourth-order valence-corrected chi connectivity index (χ4v) is 4.15. The van der Waals surface area contributed by atoms with Gasteiger partial charge in [0.1, 0.15) is 12.1 Å². The van der Waals surface area contributed by atoms with Crippen molar-refractivity contribution in [1.82, 2.24) is 14.9 Å².